The highest BCUT2D eigenvalue weighted by Crippen LogP contribution is 2.10. The van der Waals surface area contributed by atoms with Gasteiger partial charge in [-0.1, -0.05) is 30.3 Å². The Hall–Kier alpha value is -2.04. The molecule has 20 heavy (non-hydrogen) atoms. The van der Waals surface area contributed by atoms with Crippen LogP contribution in [-0.4, -0.2) is 10.5 Å². The van der Waals surface area contributed by atoms with Crippen LogP contribution in [0.2, 0.25) is 0 Å². The SMILES string of the molecule is Nc1ccccc1N.O=C(Cl)c1cccc(C(=O)Cl)c1. The van der Waals surface area contributed by atoms with E-state index in [9.17, 15) is 9.59 Å². The average molecular weight is 311 g/mol. The van der Waals surface area contributed by atoms with Crippen LogP contribution in [0, 0.1) is 0 Å². The van der Waals surface area contributed by atoms with E-state index in [4.69, 9.17) is 34.7 Å². The normalized spacial score (nSPS) is 9.30. The van der Waals surface area contributed by atoms with Crippen LogP contribution in [-0.2, 0) is 0 Å². The summed E-state index contributed by atoms with van der Waals surface area (Å²) < 4.78 is 0. The molecule has 0 aromatic heterocycles. The summed E-state index contributed by atoms with van der Waals surface area (Å²) in [5.74, 6) is 0. The highest BCUT2D eigenvalue weighted by atomic mass is 35.5. The van der Waals surface area contributed by atoms with E-state index in [2.05, 4.69) is 0 Å². The molecule has 0 aliphatic carbocycles. The first-order chi connectivity index (χ1) is 9.41. The lowest BCUT2D eigenvalue weighted by Crippen LogP contribution is -1.93. The Morgan fingerprint density at radius 2 is 1.15 bits per heavy atom. The quantitative estimate of drug-likeness (QED) is 0.658. The number of carbonyl (C=O) groups excluding carboxylic acids is 2. The standard InChI is InChI=1S/C8H4Cl2O2.C6H8N2/c9-7(11)5-2-1-3-6(4-5)8(10)12;7-5-3-1-2-4-6(5)8/h1-4H;1-4H,7-8H2. The maximum Gasteiger partial charge on any atom is 0.252 e. The van der Waals surface area contributed by atoms with E-state index in [1.54, 1.807) is 18.2 Å². The van der Waals surface area contributed by atoms with E-state index in [1.807, 2.05) is 12.1 Å². The lowest BCUT2D eigenvalue weighted by atomic mass is 10.1. The van der Waals surface area contributed by atoms with Gasteiger partial charge in [-0.25, -0.2) is 0 Å². The molecule has 0 saturated heterocycles. The first kappa shape index (κ1) is 16.0. The number of para-hydroxylation sites is 2. The van der Waals surface area contributed by atoms with E-state index in [0.717, 1.165) is 0 Å². The molecular formula is C14H12Cl2N2O2. The second-order valence-electron chi connectivity index (χ2n) is 3.76. The van der Waals surface area contributed by atoms with Crippen molar-refractivity contribution in [1.82, 2.24) is 0 Å². The van der Waals surface area contributed by atoms with Gasteiger partial charge < -0.3 is 11.5 Å². The minimum absolute atomic E-state index is 0.267. The zero-order chi connectivity index (χ0) is 15.1. The van der Waals surface area contributed by atoms with Crippen LogP contribution < -0.4 is 11.5 Å². The summed E-state index contributed by atoms with van der Waals surface area (Å²) in [5.41, 5.74) is 12.6. The van der Waals surface area contributed by atoms with Crippen LogP contribution in [0.5, 0.6) is 0 Å². The van der Waals surface area contributed by atoms with Crippen molar-refractivity contribution in [2.75, 3.05) is 11.5 Å². The Balaban J connectivity index is 0.000000217. The van der Waals surface area contributed by atoms with E-state index in [1.165, 1.54) is 18.2 Å². The fourth-order valence-electron chi connectivity index (χ4n) is 1.27. The lowest BCUT2D eigenvalue weighted by Gasteiger charge is -1.95. The van der Waals surface area contributed by atoms with Crippen molar-refractivity contribution in [3.63, 3.8) is 0 Å². The lowest BCUT2D eigenvalue weighted by molar-refractivity contribution is 0.108. The van der Waals surface area contributed by atoms with Gasteiger partial charge in [0.1, 0.15) is 0 Å². The van der Waals surface area contributed by atoms with Gasteiger partial charge in [0, 0.05) is 11.1 Å². The number of hydrogen-bond acceptors (Lipinski definition) is 4. The third-order valence-corrected chi connectivity index (χ3v) is 2.75. The molecule has 104 valence electrons. The second-order valence-corrected chi connectivity index (χ2v) is 4.44. The van der Waals surface area contributed by atoms with Crippen LogP contribution in [0.25, 0.3) is 0 Å². The Labute approximate surface area is 126 Å². The first-order valence-corrected chi connectivity index (χ1v) is 6.27. The van der Waals surface area contributed by atoms with Crippen molar-refractivity contribution in [1.29, 1.82) is 0 Å². The number of halogens is 2. The molecule has 0 unspecified atom stereocenters. The predicted molar refractivity (Wildman–Crippen MR) is 82.1 cm³/mol. The molecule has 4 N–H and O–H groups in total. The van der Waals surface area contributed by atoms with Gasteiger partial charge in [0.05, 0.1) is 11.4 Å². The number of hydrogen-bond donors (Lipinski definition) is 2. The van der Waals surface area contributed by atoms with Crippen molar-refractivity contribution in [3.8, 4) is 0 Å². The molecule has 0 spiro atoms. The summed E-state index contributed by atoms with van der Waals surface area (Å²) in [6.45, 7) is 0. The summed E-state index contributed by atoms with van der Waals surface area (Å²) in [6, 6.07) is 13.2. The van der Waals surface area contributed by atoms with E-state index >= 15 is 0 Å². The molecule has 6 heteroatoms. The molecule has 0 amide bonds. The molecule has 2 aromatic rings. The third-order valence-electron chi connectivity index (χ3n) is 2.31. The predicted octanol–water partition coefficient (Wildman–Crippen LogP) is 3.30. The van der Waals surface area contributed by atoms with Crippen molar-refractivity contribution in [3.05, 3.63) is 59.7 Å². The zero-order valence-corrected chi connectivity index (χ0v) is 11.9. The maximum atomic E-state index is 10.6. The van der Waals surface area contributed by atoms with Gasteiger partial charge in [-0.2, -0.15) is 0 Å². The molecular weight excluding hydrogens is 299 g/mol. The van der Waals surface area contributed by atoms with Gasteiger partial charge in [0.15, 0.2) is 0 Å². The summed E-state index contributed by atoms with van der Waals surface area (Å²) in [4.78, 5) is 21.3. The van der Waals surface area contributed by atoms with Gasteiger partial charge in [-0.15, -0.1) is 0 Å². The topological polar surface area (TPSA) is 86.2 Å². The Bertz CT molecular complexity index is 580. The van der Waals surface area contributed by atoms with Gasteiger partial charge in [-0.3, -0.25) is 9.59 Å². The molecule has 0 saturated carbocycles. The smallest absolute Gasteiger partial charge is 0.252 e. The van der Waals surface area contributed by atoms with Crippen LogP contribution in [0.15, 0.2) is 48.5 Å². The molecule has 4 nitrogen and oxygen atoms in total. The van der Waals surface area contributed by atoms with Gasteiger partial charge in [0.25, 0.3) is 10.5 Å². The van der Waals surface area contributed by atoms with Gasteiger partial charge in [-0.05, 0) is 41.4 Å². The zero-order valence-electron chi connectivity index (χ0n) is 10.3. The number of nitrogens with two attached hydrogens (primary N) is 2. The number of rotatable bonds is 2. The average Bonchev–Trinajstić information content (AvgIpc) is 2.43. The fraction of sp³-hybridized carbons (Fsp3) is 0. The van der Waals surface area contributed by atoms with Gasteiger partial charge >= 0.3 is 0 Å². The molecule has 0 heterocycles. The fourth-order valence-corrected chi connectivity index (χ4v) is 1.51. The highest BCUT2D eigenvalue weighted by molar-refractivity contribution is 6.69. The first-order valence-electron chi connectivity index (χ1n) is 5.51. The number of anilines is 2. The van der Waals surface area contributed by atoms with Crippen molar-refractivity contribution in [2.24, 2.45) is 0 Å². The minimum Gasteiger partial charge on any atom is -0.397 e. The molecule has 0 bridgehead atoms. The summed E-state index contributed by atoms with van der Waals surface area (Å²) in [7, 11) is 0. The van der Waals surface area contributed by atoms with Crippen molar-refractivity contribution >= 4 is 45.1 Å². The van der Waals surface area contributed by atoms with Crippen LogP contribution in [0.4, 0.5) is 11.4 Å². The van der Waals surface area contributed by atoms with Crippen LogP contribution in [0.3, 0.4) is 0 Å². The molecule has 2 aromatic carbocycles. The van der Waals surface area contributed by atoms with Gasteiger partial charge in [0.2, 0.25) is 0 Å². The number of nitrogen functional groups attached to an aromatic ring is 2. The molecule has 0 fully saturated rings. The summed E-state index contributed by atoms with van der Waals surface area (Å²) in [5, 5.41) is -1.20. The monoisotopic (exact) mass is 310 g/mol. The molecule has 0 aliphatic heterocycles. The summed E-state index contributed by atoms with van der Waals surface area (Å²) in [6.07, 6.45) is 0. The van der Waals surface area contributed by atoms with E-state index in [0.29, 0.717) is 11.4 Å². The molecule has 2 rings (SSSR count). The number of benzene rings is 2. The number of carbonyl (C=O) groups is 2. The summed E-state index contributed by atoms with van der Waals surface area (Å²) >= 11 is 10.4. The van der Waals surface area contributed by atoms with Crippen molar-refractivity contribution in [2.45, 2.75) is 0 Å². The maximum absolute atomic E-state index is 10.6. The minimum atomic E-state index is -0.602. The molecule has 0 radical (unpaired) electrons. The third kappa shape index (κ3) is 4.91. The van der Waals surface area contributed by atoms with Crippen molar-refractivity contribution < 1.29 is 9.59 Å². The Kier molecular flexibility index (Phi) is 6.03. The molecule has 0 atom stereocenters. The highest BCUT2D eigenvalue weighted by Gasteiger charge is 2.05. The van der Waals surface area contributed by atoms with E-state index < -0.39 is 10.5 Å². The molecule has 0 aliphatic rings. The second kappa shape index (κ2) is 7.53. The van der Waals surface area contributed by atoms with E-state index in [-0.39, 0.29) is 11.1 Å². The Morgan fingerprint density at radius 3 is 1.45 bits per heavy atom. The van der Waals surface area contributed by atoms with Crippen LogP contribution >= 0.6 is 23.2 Å². The Morgan fingerprint density at radius 1 is 0.750 bits per heavy atom. The largest absolute Gasteiger partial charge is 0.397 e. The van der Waals surface area contributed by atoms with Crippen LogP contribution in [0.1, 0.15) is 20.7 Å².